The molecule has 0 saturated carbocycles. The Morgan fingerprint density at radius 3 is 2.68 bits per heavy atom. The second kappa shape index (κ2) is 7.67. The summed E-state index contributed by atoms with van der Waals surface area (Å²) < 4.78 is 0. The van der Waals surface area contributed by atoms with E-state index < -0.39 is 4.92 Å². The molecule has 100 valence electrons. The van der Waals surface area contributed by atoms with Crippen LogP contribution in [-0.4, -0.2) is 23.9 Å². The monoisotopic (exact) mass is 263 g/mol. The summed E-state index contributed by atoms with van der Waals surface area (Å²) in [6.07, 6.45) is 0.746. The third-order valence-electron chi connectivity index (χ3n) is 2.33. The van der Waals surface area contributed by atoms with Crippen LogP contribution in [0, 0.1) is 10.1 Å². The summed E-state index contributed by atoms with van der Waals surface area (Å²) in [5.74, 6) is -0.171. The van der Waals surface area contributed by atoms with Gasteiger partial charge >= 0.3 is 0 Å². The van der Waals surface area contributed by atoms with E-state index in [1.807, 2.05) is 0 Å². The molecule has 1 rings (SSSR count). The molecule has 0 bridgehead atoms. The van der Waals surface area contributed by atoms with Crippen molar-refractivity contribution in [3.05, 3.63) is 50.4 Å². The highest BCUT2D eigenvalue weighted by Gasteiger charge is 2.06. The van der Waals surface area contributed by atoms with Crippen LogP contribution in [0.3, 0.4) is 0 Å². The van der Waals surface area contributed by atoms with Crippen LogP contribution in [0.4, 0.5) is 5.69 Å². The van der Waals surface area contributed by atoms with Gasteiger partial charge in [0, 0.05) is 30.1 Å². The zero-order chi connectivity index (χ0) is 14.1. The van der Waals surface area contributed by atoms with Crippen LogP contribution < -0.4 is 5.32 Å². The Hall–Kier alpha value is -2.60. The van der Waals surface area contributed by atoms with Gasteiger partial charge < -0.3 is 5.32 Å². The number of amides is 1. The molecule has 0 heterocycles. The molecule has 0 atom stereocenters. The first-order valence-corrected chi connectivity index (χ1v) is 5.64. The maximum atomic E-state index is 11.5. The van der Waals surface area contributed by atoms with E-state index in [1.54, 1.807) is 12.1 Å². The smallest absolute Gasteiger partial charge is 0.269 e. The van der Waals surface area contributed by atoms with Gasteiger partial charge in [0.25, 0.3) is 5.69 Å². The summed E-state index contributed by atoms with van der Waals surface area (Å²) in [6, 6.07) is 5.84. The molecule has 19 heavy (non-hydrogen) atoms. The minimum Gasteiger partial charge on any atom is -0.356 e. The van der Waals surface area contributed by atoms with E-state index in [-0.39, 0.29) is 18.0 Å². The Balaban J connectivity index is 2.35. The number of nitrogens with zero attached hydrogens (tertiary/aromatic N) is 4. The minimum atomic E-state index is -0.487. The van der Waals surface area contributed by atoms with Crippen molar-refractivity contribution in [1.82, 2.24) is 5.32 Å². The Labute approximate surface area is 109 Å². The Morgan fingerprint density at radius 2 is 2.11 bits per heavy atom. The van der Waals surface area contributed by atoms with Gasteiger partial charge in [0.15, 0.2) is 0 Å². The minimum absolute atomic E-state index is 0.00137. The van der Waals surface area contributed by atoms with Crippen molar-refractivity contribution < 1.29 is 9.72 Å². The van der Waals surface area contributed by atoms with Crippen molar-refractivity contribution in [1.29, 1.82) is 0 Å². The highest BCUT2D eigenvalue weighted by atomic mass is 16.6. The lowest BCUT2D eigenvalue weighted by atomic mass is 10.1. The topological polar surface area (TPSA) is 121 Å². The number of rotatable bonds is 7. The molecule has 0 aliphatic rings. The van der Waals surface area contributed by atoms with Crippen LogP contribution in [-0.2, 0) is 11.2 Å². The molecule has 0 unspecified atom stereocenters. The van der Waals surface area contributed by atoms with Crippen molar-refractivity contribution >= 4 is 11.6 Å². The van der Waals surface area contributed by atoms with E-state index >= 15 is 0 Å². The van der Waals surface area contributed by atoms with Gasteiger partial charge in [-0.3, -0.25) is 14.9 Å². The third kappa shape index (κ3) is 5.51. The predicted molar refractivity (Wildman–Crippen MR) is 68.4 cm³/mol. The molecular weight excluding hydrogens is 250 g/mol. The zero-order valence-electron chi connectivity index (χ0n) is 10.2. The molecule has 0 fully saturated rings. The van der Waals surface area contributed by atoms with Crippen LogP contribution in [0.2, 0.25) is 0 Å². The first-order chi connectivity index (χ1) is 9.13. The quantitative estimate of drug-likeness (QED) is 0.202. The number of nitro groups is 1. The zero-order valence-corrected chi connectivity index (χ0v) is 10.2. The third-order valence-corrected chi connectivity index (χ3v) is 2.33. The summed E-state index contributed by atoms with van der Waals surface area (Å²) in [7, 11) is 0. The predicted octanol–water partition coefficient (Wildman–Crippen LogP) is 1.95. The van der Waals surface area contributed by atoms with Gasteiger partial charge in [-0.05, 0) is 17.5 Å². The number of carbonyl (C=O) groups is 1. The summed E-state index contributed by atoms with van der Waals surface area (Å²) >= 11 is 0. The van der Waals surface area contributed by atoms with Crippen LogP contribution in [0.5, 0.6) is 0 Å². The maximum absolute atomic E-state index is 11.5. The Morgan fingerprint density at radius 1 is 1.42 bits per heavy atom. The number of azide groups is 1. The molecule has 0 aliphatic heterocycles. The number of hydrogen-bond acceptors (Lipinski definition) is 4. The standard InChI is InChI=1S/C11H13N5O3/c12-15-14-7-1-6-13-11(17)8-9-2-4-10(5-3-9)16(18)19/h2-5H,1,6-8H2,(H,13,17). The van der Waals surface area contributed by atoms with Crippen LogP contribution >= 0.6 is 0 Å². The molecule has 8 nitrogen and oxygen atoms in total. The molecule has 0 saturated heterocycles. The highest BCUT2D eigenvalue weighted by Crippen LogP contribution is 2.12. The highest BCUT2D eigenvalue weighted by molar-refractivity contribution is 5.78. The summed E-state index contributed by atoms with van der Waals surface area (Å²) in [5.41, 5.74) is 8.76. The molecule has 8 heteroatoms. The summed E-state index contributed by atoms with van der Waals surface area (Å²) in [4.78, 5) is 24.1. The fourth-order valence-electron chi connectivity index (χ4n) is 1.41. The number of nitro benzene ring substituents is 1. The molecule has 0 spiro atoms. The van der Waals surface area contributed by atoms with E-state index in [2.05, 4.69) is 15.3 Å². The van der Waals surface area contributed by atoms with Gasteiger partial charge in [0.05, 0.1) is 11.3 Å². The first-order valence-electron chi connectivity index (χ1n) is 5.64. The first kappa shape index (κ1) is 14.5. The van der Waals surface area contributed by atoms with Gasteiger partial charge in [-0.25, -0.2) is 0 Å². The number of non-ortho nitro benzene ring substituents is 1. The van der Waals surface area contributed by atoms with Crippen molar-refractivity contribution in [2.24, 2.45) is 5.11 Å². The fourth-order valence-corrected chi connectivity index (χ4v) is 1.41. The largest absolute Gasteiger partial charge is 0.356 e. The molecule has 1 aromatic carbocycles. The van der Waals surface area contributed by atoms with Crippen LogP contribution in [0.15, 0.2) is 29.4 Å². The molecular formula is C11H13N5O3. The van der Waals surface area contributed by atoms with Crippen molar-refractivity contribution in [3.8, 4) is 0 Å². The van der Waals surface area contributed by atoms with Crippen molar-refractivity contribution in [2.45, 2.75) is 12.8 Å². The lowest BCUT2D eigenvalue weighted by molar-refractivity contribution is -0.384. The normalized spacial score (nSPS) is 9.47. The molecule has 1 amide bonds. The summed E-state index contributed by atoms with van der Waals surface area (Å²) in [6.45, 7) is 0.777. The van der Waals surface area contributed by atoms with Gasteiger partial charge in [-0.15, -0.1) is 0 Å². The van der Waals surface area contributed by atoms with E-state index in [1.165, 1.54) is 12.1 Å². The second-order valence-electron chi connectivity index (χ2n) is 3.76. The average molecular weight is 263 g/mol. The van der Waals surface area contributed by atoms with Gasteiger partial charge in [-0.1, -0.05) is 17.2 Å². The molecule has 0 aliphatic carbocycles. The van der Waals surface area contributed by atoms with Crippen molar-refractivity contribution in [2.75, 3.05) is 13.1 Å². The SMILES string of the molecule is [N-]=[N+]=NCCCNC(=O)Cc1ccc([N+](=O)[O-])cc1. The van der Waals surface area contributed by atoms with Gasteiger partial charge in [0.2, 0.25) is 5.91 Å². The number of hydrogen-bond donors (Lipinski definition) is 1. The number of nitrogens with one attached hydrogen (secondary N) is 1. The molecule has 0 radical (unpaired) electrons. The van der Waals surface area contributed by atoms with Crippen molar-refractivity contribution in [3.63, 3.8) is 0 Å². The van der Waals surface area contributed by atoms with E-state index in [4.69, 9.17) is 5.53 Å². The lowest BCUT2D eigenvalue weighted by Gasteiger charge is -2.04. The fraction of sp³-hybridized carbons (Fsp3) is 0.364. The number of carbonyl (C=O) groups excluding carboxylic acids is 1. The van der Waals surface area contributed by atoms with Crippen LogP contribution in [0.1, 0.15) is 12.0 Å². The second-order valence-corrected chi connectivity index (χ2v) is 3.76. The molecule has 1 aromatic rings. The maximum Gasteiger partial charge on any atom is 0.269 e. The lowest BCUT2D eigenvalue weighted by Crippen LogP contribution is -2.26. The Kier molecular flexibility index (Phi) is 5.84. The van der Waals surface area contributed by atoms with E-state index in [0.717, 1.165) is 0 Å². The van der Waals surface area contributed by atoms with Gasteiger partial charge in [0.1, 0.15) is 0 Å². The molecule has 1 N–H and O–H groups in total. The van der Waals surface area contributed by atoms with E-state index in [9.17, 15) is 14.9 Å². The van der Waals surface area contributed by atoms with Crippen LogP contribution in [0.25, 0.3) is 10.4 Å². The summed E-state index contributed by atoms with van der Waals surface area (Å²) in [5, 5.41) is 16.5. The number of benzene rings is 1. The average Bonchev–Trinajstić information content (AvgIpc) is 2.39. The molecule has 0 aromatic heterocycles. The Bertz CT molecular complexity index is 494. The van der Waals surface area contributed by atoms with Gasteiger partial charge in [-0.2, -0.15) is 0 Å². The van der Waals surface area contributed by atoms with E-state index in [0.29, 0.717) is 25.1 Å².